The van der Waals surface area contributed by atoms with E-state index in [9.17, 15) is 8.42 Å². The summed E-state index contributed by atoms with van der Waals surface area (Å²) < 4.78 is 38.5. The maximum absolute atomic E-state index is 14.3. The Hall–Kier alpha value is -3.12. The zero-order valence-electron chi connectivity index (χ0n) is 26.9. The molecule has 0 bridgehead atoms. The molecule has 4 rings (SSSR count). The van der Waals surface area contributed by atoms with E-state index in [1.165, 1.54) is 3.97 Å². The number of hydrogen-bond acceptors (Lipinski definition) is 8. The monoisotopic (exact) mass is 611 g/mol. The fourth-order valence-electron chi connectivity index (χ4n) is 5.79. The number of hydrogen-bond donors (Lipinski definition) is 1. The number of piperidine rings is 1. The Morgan fingerprint density at radius 2 is 1.81 bits per heavy atom. The predicted molar refractivity (Wildman–Crippen MR) is 175 cm³/mol. The smallest absolute Gasteiger partial charge is 0.269 e. The Morgan fingerprint density at radius 3 is 2.40 bits per heavy atom. The fourth-order valence-corrected chi connectivity index (χ4v) is 7.20. The molecular weight excluding hydrogens is 562 g/mol. The van der Waals surface area contributed by atoms with Gasteiger partial charge in [0, 0.05) is 63.9 Å². The van der Waals surface area contributed by atoms with E-state index >= 15 is 0 Å². The summed E-state index contributed by atoms with van der Waals surface area (Å²) in [5.74, 6) is 0.462. The molecule has 1 aliphatic rings. The first-order chi connectivity index (χ1) is 20.5. The number of aromatic nitrogens is 3. The van der Waals surface area contributed by atoms with Crippen LogP contribution in [0.4, 0.5) is 11.5 Å². The van der Waals surface area contributed by atoms with E-state index in [0.29, 0.717) is 30.7 Å². The summed E-state index contributed by atoms with van der Waals surface area (Å²) in [5, 5.41) is 8.08. The number of ether oxygens (including phenoxy) is 1. The minimum atomic E-state index is -3.98. The molecule has 0 spiro atoms. The Kier molecular flexibility index (Phi) is 10.4. The Labute approximate surface area is 258 Å². The van der Waals surface area contributed by atoms with Gasteiger partial charge in [-0.05, 0) is 64.5 Å². The fraction of sp³-hybridized carbons (Fsp3) is 0.531. The van der Waals surface area contributed by atoms with Crippen LogP contribution < -0.4 is 10.2 Å². The van der Waals surface area contributed by atoms with Crippen molar-refractivity contribution < 1.29 is 13.2 Å². The second-order valence-electron chi connectivity index (χ2n) is 11.7. The summed E-state index contributed by atoms with van der Waals surface area (Å²) in [6.45, 7) is 14.8. The molecule has 1 atom stereocenters. The number of likely N-dealkylation sites (tertiary alicyclic amines) is 1. The van der Waals surface area contributed by atoms with Gasteiger partial charge in [-0.2, -0.15) is 5.10 Å². The van der Waals surface area contributed by atoms with Crippen LogP contribution in [0.2, 0.25) is 0 Å². The molecule has 1 fully saturated rings. The van der Waals surface area contributed by atoms with Crippen molar-refractivity contribution in [2.45, 2.75) is 56.7 Å². The first-order valence-corrected chi connectivity index (χ1v) is 16.6. The summed E-state index contributed by atoms with van der Waals surface area (Å²) in [6.07, 6.45) is 8.46. The molecular formula is C32H49N7O3S. The lowest BCUT2D eigenvalue weighted by Gasteiger charge is -2.42. The van der Waals surface area contributed by atoms with E-state index < -0.39 is 15.7 Å². The molecule has 0 saturated carbocycles. The Morgan fingerprint density at radius 1 is 1.14 bits per heavy atom. The summed E-state index contributed by atoms with van der Waals surface area (Å²) in [4.78, 5) is 6.59. The molecule has 0 amide bonds. The van der Waals surface area contributed by atoms with Gasteiger partial charge in [0.1, 0.15) is 5.82 Å². The van der Waals surface area contributed by atoms with Crippen LogP contribution in [0.1, 0.15) is 46.1 Å². The molecule has 3 heterocycles. The van der Waals surface area contributed by atoms with Gasteiger partial charge in [0.25, 0.3) is 10.0 Å². The summed E-state index contributed by atoms with van der Waals surface area (Å²) >= 11 is 0. The zero-order chi connectivity index (χ0) is 31.4. The number of benzene rings is 1. The molecule has 10 nitrogen and oxygen atoms in total. The highest BCUT2D eigenvalue weighted by molar-refractivity contribution is 7.90. The quantitative estimate of drug-likeness (QED) is 0.202. The highest BCUT2D eigenvalue weighted by Crippen LogP contribution is 2.44. The number of nitrogens with one attached hydrogen (secondary N) is 1. The van der Waals surface area contributed by atoms with Crippen molar-refractivity contribution in [2.24, 2.45) is 0 Å². The molecule has 1 saturated heterocycles. The second-order valence-corrected chi connectivity index (χ2v) is 13.5. The van der Waals surface area contributed by atoms with Crippen LogP contribution >= 0.6 is 0 Å². The molecule has 0 radical (unpaired) electrons. The van der Waals surface area contributed by atoms with Gasteiger partial charge in [0.15, 0.2) is 5.72 Å². The lowest BCUT2D eigenvalue weighted by Crippen LogP contribution is -2.51. The van der Waals surface area contributed by atoms with Gasteiger partial charge in [0.05, 0.1) is 22.8 Å². The van der Waals surface area contributed by atoms with Crippen molar-refractivity contribution in [1.82, 2.24) is 23.6 Å². The van der Waals surface area contributed by atoms with Crippen molar-refractivity contribution in [3.8, 4) is 11.1 Å². The number of anilines is 2. The van der Waals surface area contributed by atoms with Gasteiger partial charge in [-0.1, -0.05) is 38.6 Å². The maximum Gasteiger partial charge on any atom is 0.269 e. The molecule has 1 N–H and O–H groups in total. The minimum absolute atomic E-state index is 0.204. The van der Waals surface area contributed by atoms with Crippen LogP contribution in [0.5, 0.6) is 0 Å². The summed E-state index contributed by atoms with van der Waals surface area (Å²) in [7, 11) is 3.67. The largest absolute Gasteiger partial charge is 0.385 e. The molecule has 11 heteroatoms. The van der Waals surface area contributed by atoms with Crippen LogP contribution in [-0.2, 0) is 14.8 Å². The van der Waals surface area contributed by atoms with Gasteiger partial charge >= 0.3 is 0 Å². The highest BCUT2D eigenvalue weighted by atomic mass is 32.2. The van der Waals surface area contributed by atoms with Gasteiger partial charge in [-0.15, -0.1) is 0 Å². The van der Waals surface area contributed by atoms with E-state index in [2.05, 4.69) is 30.6 Å². The van der Waals surface area contributed by atoms with Crippen molar-refractivity contribution in [3.05, 3.63) is 61.1 Å². The number of rotatable bonds is 14. The third kappa shape index (κ3) is 6.69. The Bertz CT molecular complexity index is 1470. The Balaban J connectivity index is 1.88. The van der Waals surface area contributed by atoms with E-state index in [-0.39, 0.29) is 4.90 Å². The topological polar surface area (TPSA) is 87.9 Å². The SMILES string of the molecule is C=C(CN(C)C)C(C)(OCCC)N(C)c1c(NC)c(-c2cnn(C3CCN(CC)CC3)c2)cn1S(=O)(=O)c1ccccc1. The number of likely N-dealkylation sites (N-methyl/N-ethyl adjacent to an activating group) is 2. The molecule has 1 aromatic carbocycles. The third-order valence-electron chi connectivity index (χ3n) is 8.50. The van der Waals surface area contributed by atoms with Crippen molar-refractivity contribution in [3.63, 3.8) is 0 Å². The summed E-state index contributed by atoms with van der Waals surface area (Å²) in [6, 6.07) is 8.84. The first kappa shape index (κ1) is 32.8. The molecule has 236 valence electrons. The molecule has 1 aliphatic heterocycles. The lowest BCUT2D eigenvalue weighted by molar-refractivity contribution is -0.00560. The molecule has 2 aromatic heterocycles. The minimum Gasteiger partial charge on any atom is -0.385 e. The normalized spacial score (nSPS) is 16.4. The average molecular weight is 612 g/mol. The van der Waals surface area contributed by atoms with E-state index in [4.69, 9.17) is 9.84 Å². The van der Waals surface area contributed by atoms with Gasteiger partial charge < -0.3 is 24.8 Å². The summed E-state index contributed by atoms with van der Waals surface area (Å²) in [5.41, 5.74) is 2.09. The van der Waals surface area contributed by atoms with E-state index in [0.717, 1.165) is 55.6 Å². The third-order valence-corrected chi connectivity index (χ3v) is 10.2. The number of nitrogens with zero attached hydrogens (tertiary/aromatic N) is 6. The maximum atomic E-state index is 14.3. The van der Waals surface area contributed by atoms with Crippen LogP contribution in [0.15, 0.2) is 66.0 Å². The zero-order valence-corrected chi connectivity index (χ0v) is 27.7. The van der Waals surface area contributed by atoms with E-state index in [1.807, 2.05) is 68.1 Å². The highest BCUT2D eigenvalue weighted by Gasteiger charge is 2.39. The average Bonchev–Trinajstić information content (AvgIpc) is 3.65. The van der Waals surface area contributed by atoms with Crippen molar-refractivity contribution >= 4 is 21.5 Å². The van der Waals surface area contributed by atoms with Crippen LogP contribution in [0.3, 0.4) is 0 Å². The van der Waals surface area contributed by atoms with Crippen LogP contribution in [0.25, 0.3) is 11.1 Å². The second kappa shape index (κ2) is 13.7. The molecule has 1 unspecified atom stereocenters. The van der Waals surface area contributed by atoms with Gasteiger partial charge in [-0.25, -0.2) is 12.4 Å². The van der Waals surface area contributed by atoms with Crippen molar-refractivity contribution in [2.75, 3.05) is 71.2 Å². The van der Waals surface area contributed by atoms with Gasteiger partial charge in [0.2, 0.25) is 0 Å². The van der Waals surface area contributed by atoms with Gasteiger partial charge in [-0.3, -0.25) is 4.68 Å². The standard InChI is InChI=1S/C32H49N7O3S/c1-9-20-42-32(4,25(3)22-35(6)7)36(8)31-30(33-5)29(24-39(31)43(40,41)28-14-12-11-13-15-28)26-21-34-38(23-26)27-16-18-37(10-2)19-17-27/h11-15,21,23-24,27,33H,3,9-10,16-20,22H2,1-2,4-8H3. The predicted octanol–water partition coefficient (Wildman–Crippen LogP) is 4.98. The van der Waals surface area contributed by atoms with Crippen LogP contribution in [0, 0.1) is 0 Å². The van der Waals surface area contributed by atoms with E-state index in [1.54, 1.807) is 30.5 Å². The lowest BCUT2D eigenvalue weighted by atomic mass is 10.0. The first-order valence-electron chi connectivity index (χ1n) is 15.2. The van der Waals surface area contributed by atoms with Crippen LogP contribution in [-0.4, -0.2) is 98.7 Å². The molecule has 43 heavy (non-hydrogen) atoms. The van der Waals surface area contributed by atoms with Crippen molar-refractivity contribution in [1.29, 1.82) is 0 Å². The molecule has 0 aliphatic carbocycles. The molecule has 3 aromatic rings.